The molecule has 1 amide bonds. The minimum absolute atomic E-state index is 0.227. The van der Waals surface area contributed by atoms with Crippen molar-refractivity contribution in [3.05, 3.63) is 12.7 Å². The maximum absolute atomic E-state index is 13.9. The Bertz CT molecular complexity index is 366. The summed E-state index contributed by atoms with van der Waals surface area (Å²) in [5.74, 6) is 0.476. The van der Waals surface area contributed by atoms with Crippen molar-refractivity contribution >= 4 is 5.91 Å². The number of hydrogen-bond donors (Lipinski definition) is 0. The second-order valence-corrected chi connectivity index (χ2v) is 6.21. The van der Waals surface area contributed by atoms with Gasteiger partial charge in [0.25, 0.3) is 5.91 Å². The first-order valence-electron chi connectivity index (χ1n) is 7.35. The molecule has 2 aliphatic carbocycles. The van der Waals surface area contributed by atoms with Gasteiger partial charge in [-0.05, 0) is 25.7 Å². The Kier molecular flexibility index (Phi) is 3.37. The molecule has 1 aliphatic heterocycles. The van der Waals surface area contributed by atoms with Crippen LogP contribution < -0.4 is 0 Å². The summed E-state index contributed by atoms with van der Waals surface area (Å²) in [6.07, 6.45) is 6.19. The second kappa shape index (κ2) is 4.89. The number of carbonyl (C=O) groups excluding carboxylic acids is 1. The van der Waals surface area contributed by atoms with Gasteiger partial charge >= 0.3 is 0 Å². The zero-order valence-corrected chi connectivity index (χ0v) is 11.3. The van der Waals surface area contributed by atoms with Gasteiger partial charge in [0.2, 0.25) is 0 Å². The molecule has 0 aromatic carbocycles. The number of likely N-dealkylation sites (tertiary alicyclic amines) is 1. The van der Waals surface area contributed by atoms with E-state index in [0.29, 0.717) is 44.4 Å². The number of halogens is 1. The Morgan fingerprint density at radius 3 is 2.53 bits per heavy atom. The molecule has 0 spiro atoms. The van der Waals surface area contributed by atoms with E-state index in [4.69, 9.17) is 4.74 Å². The standard InChI is InChI=1S/C15H22FNO2/c1-2-8-19-13-11-4-3-5-12(13)10-17(9-11)14(18)15(16)6-7-15/h2,11-13H,1,3-10H2. The van der Waals surface area contributed by atoms with E-state index in [1.165, 1.54) is 6.42 Å². The summed E-state index contributed by atoms with van der Waals surface area (Å²) in [6, 6.07) is 0. The fourth-order valence-electron chi connectivity index (χ4n) is 3.61. The average molecular weight is 267 g/mol. The predicted octanol–water partition coefficient (Wildman–Crippen LogP) is 2.32. The largest absolute Gasteiger partial charge is 0.373 e. The maximum atomic E-state index is 13.9. The number of carbonyl (C=O) groups is 1. The Morgan fingerprint density at radius 1 is 1.37 bits per heavy atom. The summed E-state index contributed by atoms with van der Waals surface area (Å²) in [4.78, 5) is 13.9. The third kappa shape index (κ3) is 2.42. The first kappa shape index (κ1) is 13.1. The summed E-state index contributed by atoms with van der Waals surface area (Å²) < 4.78 is 19.8. The number of nitrogens with zero attached hydrogens (tertiary/aromatic N) is 1. The Morgan fingerprint density at radius 2 is 2.00 bits per heavy atom. The van der Waals surface area contributed by atoms with E-state index < -0.39 is 5.67 Å². The van der Waals surface area contributed by atoms with Crippen molar-refractivity contribution in [1.82, 2.24) is 4.90 Å². The monoisotopic (exact) mass is 267 g/mol. The smallest absolute Gasteiger partial charge is 0.260 e. The summed E-state index contributed by atoms with van der Waals surface area (Å²) >= 11 is 0. The van der Waals surface area contributed by atoms with Crippen LogP contribution in [0.1, 0.15) is 32.1 Å². The van der Waals surface area contributed by atoms with Gasteiger partial charge in [0.1, 0.15) is 0 Å². The van der Waals surface area contributed by atoms with Gasteiger partial charge in [-0.2, -0.15) is 0 Å². The fourth-order valence-corrected chi connectivity index (χ4v) is 3.61. The van der Waals surface area contributed by atoms with E-state index in [1.807, 2.05) is 0 Å². The lowest BCUT2D eigenvalue weighted by atomic mass is 9.75. The number of fused-ring (bicyclic) bond motifs is 2. The van der Waals surface area contributed by atoms with E-state index in [-0.39, 0.29) is 12.0 Å². The van der Waals surface area contributed by atoms with Crippen LogP contribution in [0.5, 0.6) is 0 Å². The SMILES string of the molecule is C=CCOC1C2CCCC1CN(C(=O)C1(F)CC1)C2. The molecule has 4 heteroatoms. The zero-order valence-electron chi connectivity index (χ0n) is 11.3. The first-order valence-corrected chi connectivity index (χ1v) is 7.35. The van der Waals surface area contributed by atoms with Crippen LogP contribution in [0, 0.1) is 11.8 Å². The second-order valence-electron chi connectivity index (χ2n) is 6.21. The number of amides is 1. The number of alkyl halides is 1. The van der Waals surface area contributed by atoms with Gasteiger partial charge in [-0.1, -0.05) is 12.5 Å². The number of hydrogen-bond acceptors (Lipinski definition) is 2. The molecule has 3 nitrogen and oxygen atoms in total. The number of piperidine rings is 1. The molecule has 2 atom stereocenters. The third-order valence-electron chi connectivity index (χ3n) is 4.75. The molecule has 2 unspecified atom stereocenters. The highest BCUT2D eigenvalue weighted by molar-refractivity contribution is 5.88. The molecular weight excluding hydrogens is 245 g/mol. The molecule has 3 rings (SSSR count). The van der Waals surface area contributed by atoms with Crippen molar-refractivity contribution in [2.45, 2.75) is 43.9 Å². The Labute approximate surface area is 113 Å². The van der Waals surface area contributed by atoms with Gasteiger partial charge in [-0.15, -0.1) is 6.58 Å². The molecule has 0 N–H and O–H groups in total. The van der Waals surface area contributed by atoms with Crippen LogP contribution in [0.2, 0.25) is 0 Å². The van der Waals surface area contributed by atoms with Gasteiger partial charge < -0.3 is 9.64 Å². The average Bonchev–Trinajstić information content (AvgIpc) is 3.13. The van der Waals surface area contributed by atoms with E-state index in [2.05, 4.69) is 6.58 Å². The van der Waals surface area contributed by atoms with Gasteiger partial charge in [0, 0.05) is 24.9 Å². The van der Waals surface area contributed by atoms with Crippen LogP contribution in [-0.4, -0.2) is 42.3 Å². The van der Waals surface area contributed by atoms with Crippen molar-refractivity contribution < 1.29 is 13.9 Å². The van der Waals surface area contributed by atoms with E-state index >= 15 is 0 Å². The summed E-state index contributed by atoms with van der Waals surface area (Å²) in [7, 11) is 0. The molecule has 3 aliphatic rings. The molecule has 1 heterocycles. The molecule has 19 heavy (non-hydrogen) atoms. The summed E-state index contributed by atoms with van der Waals surface area (Å²) in [5.41, 5.74) is -1.52. The molecule has 0 aromatic rings. The van der Waals surface area contributed by atoms with E-state index in [9.17, 15) is 9.18 Å². The normalized spacial score (nSPS) is 35.8. The third-order valence-corrected chi connectivity index (χ3v) is 4.75. The van der Waals surface area contributed by atoms with Crippen LogP contribution in [0.15, 0.2) is 12.7 Å². The van der Waals surface area contributed by atoms with E-state index in [1.54, 1.807) is 11.0 Å². The lowest BCUT2D eigenvalue weighted by Crippen LogP contribution is -2.56. The van der Waals surface area contributed by atoms with Gasteiger partial charge in [-0.25, -0.2) is 4.39 Å². The van der Waals surface area contributed by atoms with Crippen LogP contribution in [-0.2, 0) is 9.53 Å². The van der Waals surface area contributed by atoms with Crippen LogP contribution in [0.25, 0.3) is 0 Å². The molecule has 0 radical (unpaired) electrons. The van der Waals surface area contributed by atoms with Crippen molar-refractivity contribution in [2.75, 3.05) is 19.7 Å². The highest BCUT2D eigenvalue weighted by Gasteiger charge is 2.54. The Hall–Kier alpha value is -0.900. The molecule has 1 saturated heterocycles. The van der Waals surface area contributed by atoms with Gasteiger partial charge in [-0.3, -0.25) is 4.79 Å². The highest BCUT2D eigenvalue weighted by atomic mass is 19.1. The predicted molar refractivity (Wildman–Crippen MR) is 70.4 cm³/mol. The zero-order chi connectivity index (χ0) is 13.5. The Balaban J connectivity index is 1.67. The molecule has 2 saturated carbocycles. The summed E-state index contributed by atoms with van der Waals surface area (Å²) in [6.45, 7) is 5.59. The molecule has 106 valence electrons. The van der Waals surface area contributed by atoms with Crippen molar-refractivity contribution in [3.63, 3.8) is 0 Å². The van der Waals surface area contributed by atoms with E-state index in [0.717, 1.165) is 12.8 Å². The quantitative estimate of drug-likeness (QED) is 0.732. The lowest BCUT2D eigenvalue weighted by molar-refractivity contribution is -0.149. The molecule has 2 bridgehead atoms. The van der Waals surface area contributed by atoms with Crippen LogP contribution in [0.4, 0.5) is 4.39 Å². The topological polar surface area (TPSA) is 29.5 Å². The van der Waals surface area contributed by atoms with Crippen LogP contribution >= 0.6 is 0 Å². The minimum Gasteiger partial charge on any atom is -0.373 e. The number of rotatable bonds is 4. The maximum Gasteiger partial charge on any atom is 0.260 e. The van der Waals surface area contributed by atoms with Crippen molar-refractivity contribution in [2.24, 2.45) is 11.8 Å². The van der Waals surface area contributed by atoms with Crippen molar-refractivity contribution in [1.29, 1.82) is 0 Å². The first-order chi connectivity index (χ1) is 9.14. The minimum atomic E-state index is -1.52. The molecule has 3 fully saturated rings. The summed E-state index contributed by atoms with van der Waals surface area (Å²) in [5, 5.41) is 0. The van der Waals surface area contributed by atoms with Crippen molar-refractivity contribution in [3.8, 4) is 0 Å². The number of ether oxygens (including phenoxy) is 1. The van der Waals surface area contributed by atoms with Gasteiger partial charge in [0.15, 0.2) is 5.67 Å². The van der Waals surface area contributed by atoms with Gasteiger partial charge in [0.05, 0.1) is 12.7 Å². The fraction of sp³-hybridized carbons (Fsp3) is 0.800. The lowest BCUT2D eigenvalue weighted by Gasteiger charge is -2.47. The molecular formula is C15H22FNO2. The van der Waals surface area contributed by atoms with Crippen LogP contribution in [0.3, 0.4) is 0 Å². The molecule has 0 aromatic heterocycles. The highest BCUT2D eigenvalue weighted by Crippen LogP contribution is 2.44.